The van der Waals surface area contributed by atoms with E-state index in [4.69, 9.17) is 0 Å². The molecule has 0 bridgehead atoms. The van der Waals surface area contributed by atoms with E-state index in [-0.39, 0.29) is 17.6 Å². The van der Waals surface area contributed by atoms with E-state index in [9.17, 15) is 9.90 Å². The molecule has 6 nitrogen and oxygen atoms in total. The van der Waals surface area contributed by atoms with Gasteiger partial charge in [0, 0.05) is 5.56 Å². The number of carbonyl (C=O) groups excluding carboxylic acids is 1. The van der Waals surface area contributed by atoms with Crippen LogP contribution in [0.15, 0.2) is 24.3 Å². The number of phenols is 1. The number of aromatic nitrogens is 3. The highest BCUT2D eigenvalue weighted by Crippen LogP contribution is 2.37. The van der Waals surface area contributed by atoms with Crippen LogP contribution in [0, 0.1) is 5.92 Å². The zero-order valence-corrected chi connectivity index (χ0v) is 14.0. The van der Waals surface area contributed by atoms with Crippen LogP contribution in [0.2, 0.25) is 0 Å². The Morgan fingerprint density at radius 2 is 2.26 bits per heavy atom. The first-order chi connectivity index (χ1) is 10.9. The minimum Gasteiger partial charge on any atom is -0.508 e. The molecule has 1 heterocycles. The molecule has 3 rings (SSSR count). The van der Waals surface area contributed by atoms with E-state index >= 15 is 0 Å². The van der Waals surface area contributed by atoms with Crippen LogP contribution in [0.1, 0.15) is 26.7 Å². The van der Waals surface area contributed by atoms with Crippen LogP contribution in [0.4, 0.5) is 5.95 Å². The van der Waals surface area contributed by atoms with Crippen LogP contribution in [0.25, 0.3) is 11.4 Å². The molecule has 0 radical (unpaired) electrons. The van der Waals surface area contributed by atoms with Gasteiger partial charge in [0.1, 0.15) is 5.75 Å². The van der Waals surface area contributed by atoms with E-state index in [0.717, 1.165) is 11.7 Å². The Morgan fingerprint density at radius 1 is 1.48 bits per heavy atom. The van der Waals surface area contributed by atoms with Crippen molar-refractivity contribution in [1.29, 1.82) is 0 Å². The van der Waals surface area contributed by atoms with Gasteiger partial charge >= 0.3 is 0 Å². The summed E-state index contributed by atoms with van der Waals surface area (Å²) < 4.78 is -0.519. The van der Waals surface area contributed by atoms with Gasteiger partial charge in [-0.05, 0) is 50.5 Å². The predicted octanol–water partition coefficient (Wildman–Crippen LogP) is 3.04. The second kappa shape index (κ2) is 6.23. The van der Waals surface area contributed by atoms with Gasteiger partial charge in [-0.1, -0.05) is 12.1 Å². The number of hydrogen-bond acceptors (Lipinski definition) is 5. The lowest BCUT2D eigenvalue weighted by atomic mass is 10.2. The molecule has 7 heteroatoms. The van der Waals surface area contributed by atoms with Crippen LogP contribution in [-0.2, 0) is 4.79 Å². The van der Waals surface area contributed by atoms with Crippen molar-refractivity contribution in [1.82, 2.24) is 15.2 Å². The summed E-state index contributed by atoms with van der Waals surface area (Å²) in [6.45, 7) is 3.83. The molecule has 2 aromatic rings. The average Bonchev–Trinajstić information content (AvgIpc) is 3.23. The first-order valence-electron chi connectivity index (χ1n) is 7.61. The number of carbonyl (C=O) groups is 1. The van der Waals surface area contributed by atoms with Gasteiger partial charge in [-0.2, -0.15) is 4.98 Å². The van der Waals surface area contributed by atoms with Crippen LogP contribution >= 0.6 is 11.8 Å². The number of thioether (sulfide) groups is 1. The van der Waals surface area contributed by atoms with Crippen LogP contribution in [0.5, 0.6) is 5.75 Å². The Kier molecular flexibility index (Phi) is 4.30. The fourth-order valence-electron chi connectivity index (χ4n) is 2.03. The third kappa shape index (κ3) is 4.04. The monoisotopic (exact) mass is 332 g/mol. The summed E-state index contributed by atoms with van der Waals surface area (Å²) in [7, 11) is 0. The normalized spacial score (nSPS) is 14.7. The summed E-state index contributed by atoms with van der Waals surface area (Å²) in [6.07, 6.45) is 2.55. The summed E-state index contributed by atoms with van der Waals surface area (Å²) in [5.74, 6) is 2.58. The lowest BCUT2D eigenvalue weighted by molar-refractivity contribution is -0.117. The van der Waals surface area contributed by atoms with Gasteiger partial charge in [-0.15, -0.1) is 16.9 Å². The summed E-state index contributed by atoms with van der Waals surface area (Å²) in [5.41, 5.74) is 0.709. The number of H-pyrrole nitrogens is 1. The molecule has 1 aliphatic carbocycles. The number of amides is 1. The zero-order valence-electron chi connectivity index (χ0n) is 13.2. The van der Waals surface area contributed by atoms with Crippen molar-refractivity contribution in [2.45, 2.75) is 31.4 Å². The second-order valence-electron chi connectivity index (χ2n) is 6.28. The van der Waals surface area contributed by atoms with Crippen LogP contribution < -0.4 is 5.32 Å². The van der Waals surface area contributed by atoms with Crippen molar-refractivity contribution in [3.63, 3.8) is 0 Å². The van der Waals surface area contributed by atoms with Crippen molar-refractivity contribution < 1.29 is 9.90 Å². The van der Waals surface area contributed by atoms with Crippen LogP contribution in [0.3, 0.4) is 0 Å². The van der Waals surface area contributed by atoms with Gasteiger partial charge < -0.3 is 5.11 Å². The van der Waals surface area contributed by atoms with Crippen molar-refractivity contribution in [3.8, 4) is 17.1 Å². The van der Waals surface area contributed by atoms with Crippen molar-refractivity contribution in [2.75, 3.05) is 11.1 Å². The molecule has 3 N–H and O–H groups in total. The number of nitrogens with zero attached hydrogens (tertiary/aromatic N) is 2. The second-order valence-corrected chi connectivity index (χ2v) is 7.92. The molecule has 1 amide bonds. The van der Waals surface area contributed by atoms with Crippen molar-refractivity contribution in [3.05, 3.63) is 24.3 Å². The van der Waals surface area contributed by atoms with Gasteiger partial charge in [0.15, 0.2) is 5.82 Å². The maximum atomic E-state index is 12.4. The molecule has 1 aromatic heterocycles. The Labute approximate surface area is 139 Å². The van der Waals surface area contributed by atoms with Gasteiger partial charge in [0.25, 0.3) is 0 Å². The van der Waals surface area contributed by atoms with E-state index < -0.39 is 4.75 Å². The minimum absolute atomic E-state index is 0.107. The number of nitrogens with one attached hydrogen (secondary N) is 2. The number of hydrogen-bond donors (Lipinski definition) is 3. The fraction of sp³-hybridized carbons (Fsp3) is 0.438. The SMILES string of the molecule is CC(C)(SCC1CC1)C(=O)Nc1n[nH]c(-c2cccc(O)c2)n1. The summed E-state index contributed by atoms with van der Waals surface area (Å²) in [6, 6.07) is 6.70. The Balaban J connectivity index is 1.64. The predicted molar refractivity (Wildman–Crippen MR) is 91.4 cm³/mol. The van der Waals surface area contributed by atoms with E-state index in [0.29, 0.717) is 11.4 Å². The van der Waals surface area contributed by atoms with Crippen molar-refractivity contribution >= 4 is 23.6 Å². The van der Waals surface area contributed by atoms with Gasteiger partial charge in [0.2, 0.25) is 11.9 Å². The summed E-state index contributed by atoms with van der Waals surface area (Å²) >= 11 is 1.67. The largest absolute Gasteiger partial charge is 0.508 e. The molecule has 0 atom stereocenters. The number of aromatic hydroxyl groups is 1. The van der Waals surface area contributed by atoms with Gasteiger partial charge in [-0.25, -0.2) is 0 Å². The van der Waals surface area contributed by atoms with E-state index in [1.165, 1.54) is 12.8 Å². The fourth-order valence-corrected chi connectivity index (χ4v) is 3.20. The molecule has 23 heavy (non-hydrogen) atoms. The highest BCUT2D eigenvalue weighted by atomic mass is 32.2. The third-order valence-electron chi connectivity index (χ3n) is 3.75. The van der Waals surface area contributed by atoms with Gasteiger partial charge in [0.05, 0.1) is 4.75 Å². The topological polar surface area (TPSA) is 90.9 Å². The molecular weight excluding hydrogens is 312 g/mol. The number of rotatable bonds is 6. The average molecular weight is 332 g/mol. The first kappa shape index (κ1) is 15.9. The molecule has 122 valence electrons. The lowest BCUT2D eigenvalue weighted by Gasteiger charge is -2.21. The molecule has 1 aliphatic rings. The number of aromatic amines is 1. The van der Waals surface area contributed by atoms with Crippen molar-refractivity contribution in [2.24, 2.45) is 5.92 Å². The molecule has 0 aliphatic heterocycles. The summed E-state index contributed by atoms with van der Waals surface area (Å²) in [5, 5.41) is 19.1. The Bertz CT molecular complexity index is 710. The number of phenolic OH excluding ortho intramolecular Hbond substituents is 1. The number of benzene rings is 1. The minimum atomic E-state index is -0.519. The highest BCUT2D eigenvalue weighted by molar-refractivity contribution is 8.01. The summed E-state index contributed by atoms with van der Waals surface area (Å²) in [4.78, 5) is 16.7. The molecule has 0 spiro atoms. The molecule has 1 fully saturated rings. The molecule has 1 aromatic carbocycles. The lowest BCUT2D eigenvalue weighted by Crippen LogP contribution is -2.34. The molecular formula is C16H20N4O2S. The standard InChI is InChI=1S/C16H20N4O2S/c1-16(2,23-9-10-6-7-10)14(22)18-15-17-13(19-20-15)11-4-3-5-12(21)8-11/h3-5,8,10,21H,6-7,9H2,1-2H3,(H2,17,18,19,20,22). The zero-order chi connectivity index (χ0) is 16.4. The smallest absolute Gasteiger partial charge is 0.249 e. The van der Waals surface area contributed by atoms with Gasteiger partial charge in [-0.3, -0.25) is 15.2 Å². The molecule has 0 unspecified atom stereocenters. The Morgan fingerprint density at radius 3 is 2.96 bits per heavy atom. The Hall–Kier alpha value is -2.02. The maximum Gasteiger partial charge on any atom is 0.249 e. The third-order valence-corrected chi connectivity index (χ3v) is 5.30. The maximum absolute atomic E-state index is 12.4. The van der Waals surface area contributed by atoms with Crippen LogP contribution in [-0.4, -0.2) is 36.7 Å². The number of anilines is 1. The quantitative estimate of drug-likeness (QED) is 0.756. The highest BCUT2D eigenvalue weighted by Gasteiger charge is 2.32. The molecule has 1 saturated carbocycles. The van der Waals surface area contributed by atoms with E-state index in [1.807, 2.05) is 13.8 Å². The first-order valence-corrected chi connectivity index (χ1v) is 8.60. The van der Waals surface area contributed by atoms with E-state index in [2.05, 4.69) is 20.5 Å². The van der Waals surface area contributed by atoms with E-state index in [1.54, 1.807) is 36.0 Å². The molecule has 0 saturated heterocycles.